The number of hydrogen-bond donors (Lipinski definition) is 1. The average molecular weight is 335 g/mol. The second kappa shape index (κ2) is 8.11. The van der Waals surface area contributed by atoms with Crippen molar-refractivity contribution in [2.24, 2.45) is 11.3 Å². The van der Waals surface area contributed by atoms with Crippen LogP contribution in [0.5, 0.6) is 17.2 Å². The van der Waals surface area contributed by atoms with Crippen molar-refractivity contribution in [2.45, 2.75) is 59.0 Å². The fourth-order valence-corrected chi connectivity index (χ4v) is 3.90. The van der Waals surface area contributed by atoms with Gasteiger partial charge in [-0.1, -0.05) is 33.6 Å². The Bertz CT molecular complexity index is 511. The minimum absolute atomic E-state index is 0.341. The third-order valence-electron chi connectivity index (χ3n) is 5.17. The number of ether oxygens (including phenoxy) is 3. The normalized spacial score (nSPS) is 21.4. The molecule has 1 aliphatic rings. The van der Waals surface area contributed by atoms with Gasteiger partial charge in [0, 0.05) is 12.6 Å². The summed E-state index contributed by atoms with van der Waals surface area (Å²) in [6, 6.07) is 4.63. The zero-order chi connectivity index (χ0) is 17.7. The van der Waals surface area contributed by atoms with E-state index in [0.717, 1.165) is 12.1 Å². The second-order valence-corrected chi connectivity index (χ2v) is 7.78. The Hall–Kier alpha value is -1.42. The Morgan fingerprint density at radius 1 is 0.958 bits per heavy atom. The number of rotatable bonds is 6. The Kier molecular flexibility index (Phi) is 6.39. The van der Waals surface area contributed by atoms with Crippen molar-refractivity contribution < 1.29 is 14.2 Å². The van der Waals surface area contributed by atoms with Crippen molar-refractivity contribution in [1.29, 1.82) is 0 Å². The molecular formula is C20H33NO3. The lowest BCUT2D eigenvalue weighted by molar-refractivity contribution is 0.130. The summed E-state index contributed by atoms with van der Waals surface area (Å²) in [6.07, 6.45) is 5.24. The molecule has 2 rings (SSSR count). The van der Waals surface area contributed by atoms with Gasteiger partial charge in [0.1, 0.15) is 0 Å². The van der Waals surface area contributed by atoms with E-state index in [0.29, 0.717) is 34.6 Å². The molecule has 0 bridgehead atoms. The molecule has 1 aliphatic carbocycles. The smallest absolute Gasteiger partial charge is 0.203 e. The Balaban J connectivity index is 2.13. The predicted molar refractivity (Wildman–Crippen MR) is 98.1 cm³/mol. The number of nitrogens with one attached hydrogen (secondary N) is 1. The standard InChI is InChI=1S/C20H33NO3/c1-20(2,3)15-9-7-8-10-16(15)21-13-14-11-17(22-4)19(24-6)18(12-14)23-5/h11-12,15-16,21H,7-10,13H2,1-6H3/t15-,16-/m1/s1. The van der Waals surface area contributed by atoms with E-state index < -0.39 is 0 Å². The van der Waals surface area contributed by atoms with Gasteiger partial charge in [-0.2, -0.15) is 0 Å². The van der Waals surface area contributed by atoms with Crippen molar-refractivity contribution in [3.63, 3.8) is 0 Å². The van der Waals surface area contributed by atoms with Gasteiger partial charge in [0.05, 0.1) is 21.3 Å². The summed E-state index contributed by atoms with van der Waals surface area (Å²) >= 11 is 0. The van der Waals surface area contributed by atoms with Crippen LogP contribution in [0.2, 0.25) is 0 Å². The summed E-state index contributed by atoms with van der Waals surface area (Å²) in [6.45, 7) is 7.89. The molecular weight excluding hydrogens is 302 g/mol. The highest BCUT2D eigenvalue weighted by Crippen LogP contribution is 2.40. The first-order valence-electron chi connectivity index (χ1n) is 8.93. The molecule has 4 heteroatoms. The molecule has 0 heterocycles. The topological polar surface area (TPSA) is 39.7 Å². The third-order valence-corrected chi connectivity index (χ3v) is 5.17. The molecule has 1 saturated carbocycles. The van der Waals surface area contributed by atoms with Gasteiger partial charge in [0.2, 0.25) is 5.75 Å². The Morgan fingerprint density at radius 3 is 2.04 bits per heavy atom. The maximum Gasteiger partial charge on any atom is 0.203 e. The van der Waals surface area contributed by atoms with E-state index in [1.165, 1.54) is 25.7 Å². The molecule has 24 heavy (non-hydrogen) atoms. The molecule has 1 aromatic rings. The van der Waals surface area contributed by atoms with Crippen molar-refractivity contribution in [1.82, 2.24) is 5.32 Å². The van der Waals surface area contributed by atoms with Crippen molar-refractivity contribution >= 4 is 0 Å². The van der Waals surface area contributed by atoms with Crippen LogP contribution >= 0.6 is 0 Å². The zero-order valence-electron chi connectivity index (χ0n) is 16.1. The number of benzene rings is 1. The van der Waals surface area contributed by atoms with Crippen LogP contribution in [0.4, 0.5) is 0 Å². The van der Waals surface area contributed by atoms with E-state index >= 15 is 0 Å². The maximum atomic E-state index is 5.45. The summed E-state index contributed by atoms with van der Waals surface area (Å²) in [5.41, 5.74) is 1.50. The van der Waals surface area contributed by atoms with Gasteiger partial charge < -0.3 is 19.5 Å². The Labute approximate surface area is 146 Å². The molecule has 0 aliphatic heterocycles. The first-order chi connectivity index (χ1) is 11.4. The summed E-state index contributed by atoms with van der Waals surface area (Å²) < 4.78 is 16.3. The van der Waals surface area contributed by atoms with Gasteiger partial charge in [-0.25, -0.2) is 0 Å². The molecule has 136 valence electrons. The van der Waals surface area contributed by atoms with Gasteiger partial charge >= 0.3 is 0 Å². The summed E-state index contributed by atoms with van der Waals surface area (Å²) in [5, 5.41) is 3.78. The minimum Gasteiger partial charge on any atom is -0.493 e. The number of hydrogen-bond acceptors (Lipinski definition) is 4. The summed E-state index contributed by atoms with van der Waals surface area (Å²) in [7, 11) is 4.95. The van der Waals surface area contributed by atoms with Crippen molar-refractivity contribution in [2.75, 3.05) is 21.3 Å². The summed E-state index contributed by atoms with van der Waals surface area (Å²) in [5.74, 6) is 2.79. The predicted octanol–water partition coefficient (Wildman–Crippen LogP) is 4.41. The minimum atomic E-state index is 0.341. The van der Waals surface area contributed by atoms with E-state index in [4.69, 9.17) is 14.2 Å². The largest absolute Gasteiger partial charge is 0.493 e. The maximum absolute atomic E-state index is 5.45. The molecule has 4 nitrogen and oxygen atoms in total. The van der Waals surface area contributed by atoms with Crippen LogP contribution in [0.25, 0.3) is 0 Å². The van der Waals surface area contributed by atoms with Crippen LogP contribution < -0.4 is 19.5 Å². The van der Waals surface area contributed by atoms with Crippen molar-refractivity contribution in [3.8, 4) is 17.2 Å². The molecule has 0 radical (unpaired) electrons. The molecule has 1 fully saturated rings. The molecule has 1 N–H and O–H groups in total. The fourth-order valence-electron chi connectivity index (χ4n) is 3.90. The molecule has 2 atom stereocenters. The van der Waals surface area contributed by atoms with Crippen LogP contribution in [0.1, 0.15) is 52.0 Å². The van der Waals surface area contributed by atoms with Gasteiger partial charge in [0.25, 0.3) is 0 Å². The quantitative estimate of drug-likeness (QED) is 0.836. The van der Waals surface area contributed by atoms with E-state index in [2.05, 4.69) is 26.1 Å². The summed E-state index contributed by atoms with van der Waals surface area (Å²) in [4.78, 5) is 0. The zero-order valence-corrected chi connectivity index (χ0v) is 16.1. The highest BCUT2D eigenvalue weighted by Gasteiger charge is 2.33. The van der Waals surface area contributed by atoms with Crippen LogP contribution in [-0.2, 0) is 6.54 Å². The lowest BCUT2D eigenvalue weighted by Gasteiger charge is -2.41. The number of methoxy groups -OCH3 is 3. The van der Waals surface area contributed by atoms with E-state index in [9.17, 15) is 0 Å². The van der Waals surface area contributed by atoms with Gasteiger partial charge in [0.15, 0.2) is 11.5 Å². The van der Waals surface area contributed by atoms with Crippen LogP contribution in [0.3, 0.4) is 0 Å². The Morgan fingerprint density at radius 2 is 1.54 bits per heavy atom. The molecule has 0 saturated heterocycles. The molecule has 1 aromatic carbocycles. The van der Waals surface area contributed by atoms with Gasteiger partial charge in [-0.3, -0.25) is 0 Å². The first-order valence-corrected chi connectivity index (χ1v) is 8.93. The SMILES string of the molecule is COc1cc(CN[C@@H]2CCCC[C@H]2C(C)(C)C)cc(OC)c1OC. The lowest BCUT2D eigenvalue weighted by atomic mass is 9.69. The van der Waals surface area contributed by atoms with Crippen LogP contribution in [0.15, 0.2) is 12.1 Å². The van der Waals surface area contributed by atoms with Gasteiger partial charge in [-0.15, -0.1) is 0 Å². The molecule has 0 unspecified atom stereocenters. The van der Waals surface area contributed by atoms with Crippen LogP contribution in [-0.4, -0.2) is 27.4 Å². The highest BCUT2D eigenvalue weighted by molar-refractivity contribution is 5.53. The van der Waals surface area contributed by atoms with E-state index in [1.54, 1.807) is 21.3 Å². The molecule has 0 spiro atoms. The second-order valence-electron chi connectivity index (χ2n) is 7.78. The van der Waals surface area contributed by atoms with Crippen molar-refractivity contribution in [3.05, 3.63) is 17.7 Å². The van der Waals surface area contributed by atoms with Crippen LogP contribution in [0, 0.1) is 11.3 Å². The van der Waals surface area contributed by atoms with Gasteiger partial charge in [-0.05, 0) is 41.9 Å². The van der Waals surface area contributed by atoms with E-state index in [1.807, 2.05) is 12.1 Å². The third kappa shape index (κ3) is 4.35. The molecule has 0 amide bonds. The first kappa shape index (κ1) is 18.9. The lowest BCUT2D eigenvalue weighted by Crippen LogP contribution is -2.43. The molecule has 0 aromatic heterocycles. The highest BCUT2D eigenvalue weighted by atomic mass is 16.5. The van der Waals surface area contributed by atoms with E-state index in [-0.39, 0.29) is 0 Å². The fraction of sp³-hybridized carbons (Fsp3) is 0.700. The monoisotopic (exact) mass is 335 g/mol. The average Bonchev–Trinajstić information content (AvgIpc) is 2.58.